The number of rotatable bonds is 6. The molecule has 0 amide bonds. The van der Waals surface area contributed by atoms with Gasteiger partial charge in [0.2, 0.25) is 0 Å². The molecular weight excluding hydrogens is 478 g/mol. The van der Waals surface area contributed by atoms with E-state index in [0.29, 0.717) is 40.5 Å². The summed E-state index contributed by atoms with van der Waals surface area (Å²) in [7, 11) is 0. The van der Waals surface area contributed by atoms with Gasteiger partial charge in [0.15, 0.2) is 5.43 Å². The predicted molar refractivity (Wildman–Crippen MR) is 154 cm³/mol. The molecule has 0 unspecified atom stereocenters. The molecule has 0 saturated carbocycles. The van der Waals surface area contributed by atoms with Gasteiger partial charge in [-0.05, 0) is 49.2 Å². The highest BCUT2D eigenvalue weighted by atomic mass is 16.6. The summed E-state index contributed by atoms with van der Waals surface area (Å²) in [6.45, 7) is 4.84. The Bertz CT molecular complexity index is 1960. The molecule has 0 aliphatic rings. The number of benzene rings is 4. The Hall–Kier alpha value is -4.98. The number of hydrogen-bond acceptors (Lipinski definition) is 6. The number of nitro groups is 1. The third-order valence-corrected chi connectivity index (χ3v) is 7.02. The molecule has 8 nitrogen and oxygen atoms in total. The molecule has 2 aromatic heterocycles. The molecule has 0 atom stereocenters. The van der Waals surface area contributed by atoms with E-state index in [1.165, 1.54) is 6.07 Å². The lowest BCUT2D eigenvalue weighted by molar-refractivity contribution is -0.383. The number of para-hydroxylation sites is 2. The van der Waals surface area contributed by atoms with Gasteiger partial charge in [0.1, 0.15) is 5.39 Å². The molecule has 0 bridgehead atoms. The SMILES string of the molecule is Cc1ccc([N+](=O)[O-])c2c(NCCNc3ccc(C)c4[nH]c5ccccc5c(=O)c34)c3ccccc3nc12. The largest absolute Gasteiger partial charge is 0.383 e. The first kappa shape index (κ1) is 23.4. The average Bonchev–Trinajstić information content (AvgIpc) is 2.92. The summed E-state index contributed by atoms with van der Waals surface area (Å²) in [5.74, 6) is 0. The fourth-order valence-electron chi connectivity index (χ4n) is 5.14. The number of pyridine rings is 2. The highest BCUT2D eigenvalue weighted by Gasteiger charge is 2.20. The molecule has 0 aliphatic heterocycles. The van der Waals surface area contributed by atoms with Crippen molar-refractivity contribution in [3.8, 4) is 0 Å². The minimum absolute atomic E-state index is 0.0160. The zero-order valence-electron chi connectivity index (χ0n) is 21.0. The molecule has 2 heterocycles. The van der Waals surface area contributed by atoms with Crippen LogP contribution in [0.25, 0.3) is 43.6 Å². The van der Waals surface area contributed by atoms with Gasteiger partial charge in [-0.2, -0.15) is 0 Å². The number of fused-ring (bicyclic) bond motifs is 4. The second-order valence-electron chi connectivity index (χ2n) is 9.42. The minimum atomic E-state index is -0.364. The number of aromatic amines is 1. The van der Waals surface area contributed by atoms with Gasteiger partial charge in [0, 0.05) is 41.1 Å². The van der Waals surface area contributed by atoms with Crippen LogP contribution in [0.15, 0.2) is 77.6 Å². The summed E-state index contributed by atoms with van der Waals surface area (Å²) in [4.78, 5) is 33.1. The first-order valence-electron chi connectivity index (χ1n) is 12.4. The van der Waals surface area contributed by atoms with Gasteiger partial charge >= 0.3 is 0 Å². The third kappa shape index (κ3) is 3.78. The number of H-pyrrole nitrogens is 1. The summed E-state index contributed by atoms with van der Waals surface area (Å²) in [6, 6.07) is 22.3. The van der Waals surface area contributed by atoms with E-state index >= 15 is 0 Å². The number of anilines is 2. The summed E-state index contributed by atoms with van der Waals surface area (Å²) in [6.07, 6.45) is 0. The molecule has 188 valence electrons. The molecule has 4 aromatic carbocycles. The van der Waals surface area contributed by atoms with Crippen LogP contribution < -0.4 is 16.1 Å². The van der Waals surface area contributed by atoms with Gasteiger partial charge in [-0.25, -0.2) is 4.98 Å². The molecule has 0 radical (unpaired) electrons. The fraction of sp³-hybridized carbons (Fsp3) is 0.133. The Labute approximate surface area is 217 Å². The fourth-order valence-corrected chi connectivity index (χ4v) is 5.14. The smallest absolute Gasteiger partial charge is 0.280 e. The van der Waals surface area contributed by atoms with Crippen LogP contribution in [0.5, 0.6) is 0 Å². The molecule has 0 spiro atoms. The van der Waals surface area contributed by atoms with Crippen LogP contribution in [-0.4, -0.2) is 28.0 Å². The zero-order valence-corrected chi connectivity index (χ0v) is 21.0. The first-order valence-corrected chi connectivity index (χ1v) is 12.4. The second kappa shape index (κ2) is 9.15. The van der Waals surface area contributed by atoms with E-state index in [-0.39, 0.29) is 16.0 Å². The number of aromatic nitrogens is 2. The Morgan fingerprint density at radius 3 is 2.37 bits per heavy atom. The molecule has 6 aromatic rings. The Kier molecular flexibility index (Phi) is 5.64. The summed E-state index contributed by atoms with van der Waals surface area (Å²) < 4.78 is 0. The molecule has 6 rings (SSSR count). The number of hydrogen-bond donors (Lipinski definition) is 3. The number of nitrogens with zero attached hydrogens (tertiary/aromatic N) is 2. The summed E-state index contributed by atoms with van der Waals surface area (Å²) in [5.41, 5.74) is 6.26. The van der Waals surface area contributed by atoms with Crippen LogP contribution in [0, 0.1) is 24.0 Å². The zero-order chi connectivity index (χ0) is 26.4. The lowest BCUT2D eigenvalue weighted by atomic mass is 10.0. The van der Waals surface area contributed by atoms with Crippen molar-refractivity contribution < 1.29 is 4.92 Å². The van der Waals surface area contributed by atoms with Gasteiger partial charge < -0.3 is 15.6 Å². The maximum Gasteiger partial charge on any atom is 0.280 e. The minimum Gasteiger partial charge on any atom is -0.383 e. The third-order valence-electron chi connectivity index (χ3n) is 7.02. The lowest BCUT2D eigenvalue weighted by Gasteiger charge is -2.16. The van der Waals surface area contributed by atoms with Crippen molar-refractivity contribution in [2.75, 3.05) is 23.7 Å². The van der Waals surface area contributed by atoms with E-state index in [4.69, 9.17) is 4.98 Å². The lowest BCUT2D eigenvalue weighted by Crippen LogP contribution is -2.16. The van der Waals surface area contributed by atoms with E-state index in [1.54, 1.807) is 6.07 Å². The summed E-state index contributed by atoms with van der Waals surface area (Å²) in [5, 5.41) is 21.3. The standard InChI is InChI=1S/C30H25N5O3/c1-17-11-13-23(25-27(17)34-22-10-6-4-8-20(22)30(25)36)31-15-16-32-29-19-7-3-5-9-21(19)33-28-18(2)12-14-24(26(28)29)35(37)38/h3-14,31H,15-16H2,1-2H3,(H,32,33)(H,34,36). The Morgan fingerprint density at radius 1 is 0.842 bits per heavy atom. The van der Waals surface area contributed by atoms with Crippen LogP contribution >= 0.6 is 0 Å². The van der Waals surface area contributed by atoms with Crippen LogP contribution in [0.2, 0.25) is 0 Å². The van der Waals surface area contributed by atoms with Crippen molar-refractivity contribution >= 4 is 60.7 Å². The maximum atomic E-state index is 13.4. The highest BCUT2D eigenvalue weighted by molar-refractivity contribution is 6.12. The highest BCUT2D eigenvalue weighted by Crippen LogP contribution is 2.38. The monoisotopic (exact) mass is 503 g/mol. The van der Waals surface area contributed by atoms with Gasteiger partial charge in [0.05, 0.1) is 32.5 Å². The molecule has 0 fully saturated rings. The second-order valence-corrected chi connectivity index (χ2v) is 9.42. The van der Waals surface area contributed by atoms with Crippen molar-refractivity contribution in [1.29, 1.82) is 0 Å². The van der Waals surface area contributed by atoms with Crippen molar-refractivity contribution in [3.05, 3.63) is 104 Å². The Morgan fingerprint density at radius 2 is 1.55 bits per heavy atom. The number of nitro benzene ring substituents is 1. The van der Waals surface area contributed by atoms with Crippen LogP contribution in [-0.2, 0) is 0 Å². The quantitative estimate of drug-likeness (QED) is 0.104. The van der Waals surface area contributed by atoms with Crippen molar-refractivity contribution in [3.63, 3.8) is 0 Å². The van der Waals surface area contributed by atoms with E-state index in [0.717, 1.165) is 38.8 Å². The molecule has 0 aliphatic carbocycles. The average molecular weight is 504 g/mol. The van der Waals surface area contributed by atoms with E-state index in [2.05, 4.69) is 15.6 Å². The molecule has 0 saturated heterocycles. The first-order chi connectivity index (χ1) is 18.4. The Balaban J connectivity index is 1.37. The van der Waals surface area contributed by atoms with Gasteiger partial charge in [-0.15, -0.1) is 0 Å². The van der Waals surface area contributed by atoms with Gasteiger partial charge in [-0.1, -0.05) is 42.5 Å². The number of aryl methyl sites for hydroxylation is 2. The topological polar surface area (TPSA) is 113 Å². The van der Waals surface area contributed by atoms with Crippen LogP contribution in [0.3, 0.4) is 0 Å². The molecular formula is C30H25N5O3. The molecule has 8 heteroatoms. The molecule has 3 N–H and O–H groups in total. The summed E-state index contributed by atoms with van der Waals surface area (Å²) >= 11 is 0. The van der Waals surface area contributed by atoms with Crippen molar-refractivity contribution in [2.45, 2.75) is 13.8 Å². The van der Waals surface area contributed by atoms with Crippen molar-refractivity contribution in [2.24, 2.45) is 0 Å². The predicted octanol–water partition coefficient (Wildman–Crippen LogP) is 6.43. The van der Waals surface area contributed by atoms with E-state index < -0.39 is 0 Å². The van der Waals surface area contributed by atoms with Crippen LogP contribution in [0.1, 0.15) is 11.1 Å². The number of non-ortho nitro benzene ring substituents is 1. The molecule has 38 heavy (non-hydrogen) atoms. The van der Waals surface area contributed by atoms with Gasteiger partial charge in [0.25, 0.3) is 5.69 Å². The normalized spacial score (nSPS) is 11.4. The van der Waals surface area contributed by atoms with Crippen LogP contribution in [0.4, 0.5) is 17.1 Å². The van der Waals surface area contributed by atoms with Crippen molar-refractivity contribution in [1.82, 2.24) is 9.97 Å². The van der Waals surface area contributed by atoms with Gasteiger partial charge in [-0.3, -0.25) is 14.9 Å². The number of nitrogens with one attached hydrogen (secondary N) is 3. The van der Waals surface area contributed by atoms with E-state index in [1.807, 2.05) is 74.5 Å². The van der Waals surface area contributed by atoms with E-state index in [9.17, 15) is 14.9 Å². The maximum absolute atomic E-state index is 13.4.